The Morgan fingerprint density at radius 3 is 3.10 bits per heavy atom. The zero-order valence-corrected chi connectivity index (χ0v) is 12.1. The molecule has 2 aromatic heterocycles. The predicted molar refractivity (Wildman–Crippen MR) is 80.5 cm³/mol. The van der Waals surface area contributed by atoms with Crippen LogP contribution in [0.25, 0.3) is 11.0 Å². The Hall–Kier alpha value is -1.94. The first-order valence-electron chi connectivity index (χ1n) is 7.02. The number of furan rings is 1. The van der Waals surface area contributed by atoms with E-state index in [4.69, 9.17) is 4.42 Å². The minimum absolute atomic E-state index is 0.0371. The van der Waals surface area contributed by atoms with Crippen LogP contribution < -0.4 is 0 Å². The van der Waals surface area contributed by atoms with Crippen LogP contribution in [0.5, 0.6) is 0 Å². The van der Waals surface area contributed by atoms with Gasteiger partial charge in [-0.1, -0.05) is 12.1 Å². The summed E-state index contributed by atoms with van der Waals surface area (Å²) in [5.74, 6) is -0.348. The molecule has 0 N–H and O–H groups in total. The molecule has 0 spiro atoms. The van der Waals surface area contributed by atoms with Crippen LogP contribution in [0, 0.1) is 5.82 Å². The smallest absolute Gasteiger partial charge is 0.205 e. The highest BCUT2D eigenvalue weighted by atomic mass is 32.1. The van der Waals surface area contributed by atoms with Crippen LogP contribution in [-0.4, -0.2) is 5.78 Å². The number of ketones is 1. The number of hydrogen-bond acceptors (Lipinski definition) is 3. The molecule has 3 aromatic rings. The van der Waals surface area contributed by atoms with Crippen LogP contribution in [0.4, 0.5) is 4.39 Å². The Kier molecular flexibility index (Phi) is 2.93. The van der Waals surface area contributed by atoms with Gasteiger partial charge in [0.05, 0.1) is 5.92 Å². The van der Waals surface area contributed by atoms with Crippen molar-refractivity contribution in [2.75, 3.05) is 0 Å². The first-order valence-corrected chi connectivity index (χ1v) is 7.90. The van der Waals surface area contributed by atoms with Crippen molar-refractivity contribution >= 4 is 28.1 Å². The Morgan fingerprint density at radius 1 is 1.33 bits per heavy atom. The minimum Gasteiger partial charge on any atom is -0.450 e. The first kappa shape index (κ1) is 12.8. The topological polar surface area (TPSA) is 30.2 Å². The van der Waals surface area contributed by atoms with Gasteiger partial charge in [0, 0.05) is 10.3 Å². The highest BCUT2D eigenvalue weighted by molar-refractivity contribution is 7.10. The molecule has 1 aliphatic carbocycles. The van der Waals surface area contributed by atoms with E-state index in [2.05, 4.69) is 0 Å². The largest absolute Gasteiger partial charge is 0.450 e. The lowest BCUT2D eigenvalue weighted by Crippen LogP contribution is -2.16. The Labute approximate surface area is 125 Å². The summed E-state index contributed by atoms with van der Waals surface area (Å²) in [5.41, 5.74) is 1.29. The summed E-state index contributed by atoms with van der Waals surface area (Å²) in [7, 11) is 0. The van der Waals surface area contributed by atoms with Crippen LogP contribution in [0.2, 0.25) is 0 Å². The molecule has 1 aliphatic rings. The number of carbonyl (C=O) groups is 1. The molecule has 0 fully saturated rings. The van der Waals surface area contributed by atoms with Crippen molar-refractivity contribution in [3.63, 3.8) is 0 Å². The number of aryl methyl sites for hydroxylation is 1. The van der Waals surface area contributed by atoms with Crippen molar-refractivity contribution in [3.8, 4) is 0 Å². The molecule has 2 heterocycles. The van der Waals surface area contributed by atoms with Gasteiger partial charge in [0.2, 0.25) is 5.78 Å². The maximum atomic E-state index is 13.7. The summed E-state index contributed by atoms with van der Waals surface area (Å²) >= 11 is 1.71. The van der Waals surface area contributed by atoms with Crippen LogP contribution in [0.15, 0.2) is 40.1 Å². The van der Waals surface area contributed by atoms with Gasteiger partial charge in [-0.2, -0.15) is 0 Å². The molecule has 1 unspecified atom stereocenters. The quantitative estimate of drug-likeness (QED) is 0.628. The summed E-state index contributed by atoms with van der Waals surface area (Å²) < 4.78 is 19.2. The Bertz CT molecular complexity index is 830. The van der Waals surface area contributed by atoms with Crippen LogP contribution in [0.1, 0.15) is 39.8 Å². The summed E-state index contributed by atoms with van der Waals surface area (Å²) in [6, 6.07) is 8.42. The lowest BCUT2D eigenvalue weighted by molar-refractivity contribution is 0.0926. The van der Waals surface area contributed by atoms with E-state index >= 15 is 0 Å². The number of thiophene rings is 1. The molecule has 21 heavy (non-hydrogen) atoms. The van der Waals surface area contributed by atoms with E-state index in [1.165, 1.54) is 10.9 Å². The maximum Gasteiger partial charge on any atom is 0.205 e. The normalized spacial score (nSPS) is 17.9. The molecule has 1 atom stereocenters. The zero-order valence-electron chi connectivity index (χ0n) is 11.3. The van der Waals surface area contributed by atoms with E-state index in [0.29, 0.717) is 5.39 Å². The molecule has 0 saturated carbocycles. The number of para-hydroxylation sites is 1. The van der Waals surface area contributed by atoms with E-state index in [1.54, 1.807) is 29.5 Å². The Balaban J connectivity index is 1.76. The summed E-state index contributed by atoms with van der Waals surface area (Å²) in [4.78, 5) is 14.0. The van der Waals surface area contributed by atoms with Crippen molar-refractivity contribution < 1.29 is 13.6 Å². The minimum atomic E-state index is -0.425. The molecular weight excluding hydrogens is 287 g/mol. The summed E-state index contributed by atoms with van der Waals surface area (Å²) in [5, 5.41) is 2.67. The Morgan fingerprint density at radius 2 is 2.24 bits per heavy atom. The molecule has 0 bridgehead atoms. The molecule has 0 saturated heterocycles. The standard InChI is InChI=1S/C17H13FO2S/c18-13-5-1-3-10-9-14(20-17(10)13)16(19)12-4-2-6-15-11(12)7-8-21-15/h1,3,5,7-9,12H,2,4,6H2. The van der Waals surface area contributed by atoms with E-state index < -0.39 is 5.82 Å². The van der Waals surface area contributed by atoms with Crippen molar-refractivity contribution in [1.82, 2.24) is 0 Å². The van der Waals surface area contributed by atoms with Gasteiger partial charge in [0.15, 0.2) is 17.2 Å². The number of rotatable bonds is 2. The monoisotopic (exact) mass is 300 g/mol. The molecule has 0 radical (unpaired) electrons. The number of fused-ring (bicyclic) bond motifs is 2. The van der Waals surface area contributed by atoms with Crippen LogP contribution >= 0.6 is 11.3 Å². The number of hydrogen-bond donors (Lipinski definition) is 0. The second-order valence-electron chi connectivity index (χ2n) is 5.38. The molecule has 2 nitrogen and oxygen atoms in total. The summed E-state index contributed by atoms with van der Waals surface area (Å²) in [6.45, 7) is 0. The zero-order chi connectivity index (χ0) is 14.4. The second-order valence-corrected chi connectivity index (χ2v) is 6.38. The molecule has 4 rings (SSSR count). The van der Waals surface area contributed by atoms with Gasteiger partial charge in [-0.25, -0.2) is 4.39 Å². The number of Topliss-reactive ketones (excluding diaryl/α,β-unsaturated/α-hetero) is 1. The van der Waals surface area contributed by atoms with Gasteiger partial charge in [0.25, 0.3) is 0 Å². The van der Waals surface area contributed by atoms with Crippen LogP contribution in [-0.2, 0) is 6.42 Å². The number of halogens is 1. The number of benzene rings is 1. The predicted octanol–water partition coefficient (Wildman–Crippen LogP) is 4.94. The van der Waals surface area contributed by atoms with Crippen molar-refractivity contribution in [1.29, 1.82) is 0 Å². The SMILES string of the molecule is O=C(c1cc2cccc(F)c2o1)C1CCCc2sccc21. The fourth-order valence-corrected chi connectivity index (χ4v) is 4.07. The van der Waals surface area contributed by atoms with Gasteiger partial charge < -0.3 is 4.42 Å². The van der Waals surface area contributed by atoms with E-state index in [-0.39, 0.29) is 23.0 Å². The molecular formula is C17H13FO2S. The average Bonchev–Trinajstić information content (AvgIpc) is 3.13. The van der Waals surface area contributed by atoms with E-state index in [0.717, 1.165) is 24.8 Å². The number of carbonyl (C=O) groups excluding carboxylic acids is 1. The highest BCUT2D eigenvalue weighted by Gasteiger charge is 2.30. The van der Waals surface area contributed by atoms with Crippen molar-refractivity contribution in [2.24, 2.45) is 0 Å². The highest BCUT2D eigenvalue weighted by Crippen LogP contribution is 2.37. The molecule has 0 amide bonds. The lowest BCUT2D eigenvalue weighted by Gasteiger charge is -2.20. The van der Waals surface area contributed by atoms with Gasteiger partial charge in [0.1, 0.15) is 0 Å². The lowest BCUT2D eigenvalue weighted by atomic mass is 9.84. The van der Waals surface area contributed by atoms with Gasteiger partial charge >= 0.3 is 0 Å². The first-order chi connectivity index (χ1) is 10.2. The maximum absolute atomic E-state index is 13.7. The van der Waals surface area contributed by atoms with Gasteiger partial charge in [-0.05, 0) is 48.4 Å². The third-order valence-electron chi connectivity index (χ3n) is 4.11. The molecule has 1 aromatic carbocycles. The van der Waals surface area contributed by atoms with Crippen molar-refractivity contribution in [3.05, 3.63) is 57.7 Å². The average molecular weight is 300 g/mol. The fraction of sp³-hybridized carbons (Fsp3) is 0.235. The van der Waals surface area contributed by atoms with E-state index in [9.17, 15) is 9.18 Å². The fourth-order valence-electron chi connectivity index (χ4n) is 3.08. The molecule has 0 aliphatic heterocycles. The third-order valence-corrected chi connectivity index (χ3v) is 5.10. The molecule has 4 heteroatoms. The molecule has 106 valence electrons. The van der Waals surface area contributed by atoms with Gasteiger partial charge in [-0.15, -0.1) is 11.3 Å². The van der Waals surface area contributed by atoms with E-state index in [1.807, 2.05) is 11.4 Å². The van der Waals surface area contributed by atoms with Gasteiger partial charge in [-0.3, -0.25) is 4.79 Å². The second kappa shape index (κ2) is 4.81. The van der Waals surface area contributed by atoms with Crippen LogP contribution in [0.3, 0.4) is 0 Å². The van der Waals surface area contributed by atoms with Crippen molar-refractivity contribution in [2.45, 2.75) is 25.2 Å². The third kappa shape index (κ3) is 2.02. The summed E-state index contributed by atoms with van der Waals surface area (Å²) in [6.07, 6.45) is 2.89.